The lowest BCUT2D eigenvalue weighted by Gasteiger charge is -2.37. The third-order valence-corrected chi connectivity index (χ3v) is 5.50. The largest absolute Gasteiger partial charge is 0.412 e. The lowest BCUT2D eigenvalue weighted by Crippen LogP contribution is -2.47. The maximum absolute atomic E-state index is 13.7. The molecule has 0 spiro atoms. The number of piperazine rings is 1. The highest BCUT2D eigenvalue weighted by molar-refractivity contribution is 5.72. The van der Waals surface area contributed by atoms with E-state index in [2.05, 4.69) is 28.8 Å². The first-order valence-electron chi connectivity index (χ1n) is 9.73. The minimum absolute atomic E-state index is 0.0253. The van der Waals surface area contributed by atoms with Crippen molar-refractivity contribution in [3.05, 3.63) is 64.2 Å². The van der Waals surface area contributed by atoms with Crippen molar-refractivity contribution in [2.75, 3.05) is 33.2 Å². The highest BCUT2D eigenvalue weighted by atomic mass is 19.1. The van der Waals surface area contributed by atoms with Crippen LogP contribution in [0.2, 0.25) is 0 Å². The quantitative estimate of drug-likeness (QED) is 0.677. The van der Waals surface area contributed by atoms with Crippen LogP contribution < -0.4 is 5.56 Å². The van der Waals surface area contributed by atoms with E-state index in [4.69, 9.17) is 4.42 Å². The third kappa shape index (κ3) is 3.59. The van der Waals surface area contributed by atoms with E-state index in [0.717, 1.165) is 44.2 Å². The van der Waals surface area contributed by atoms with Crippen LogP contribution in [-0.2, 0) is 6.54 Å². The van der Waals surface area contributed by atoms with E-state index in [1.54, 1.807) is 4.57 Å². The predicted octanol–water partition coefficient (Wildman–Crippen LogP) is 2.88. The molecule has 1 saturated heterocycles. The average molecular weight is 384 g/mol. The molecule has 1 fully saturated rings. The minimum Gasteiger partial charge on any atom is -0.412 e. The van der Waals surface area contributed by atoms with Gasteiger partial charge in [0.25, 0.3) is 11.6 Å². The molecule has 3 heterocycles. The molecule has 1 aromatic carbocycles. The smallest absolute Gasteiger partial charge is 0.280 e. The maximum Gasteiger partial charge on any atom is 0.280 e. The number of likely N-dealkylation sites (N-methyl/N-ethyl adjacent to an activating group) is 1. The monoisotopic (exact) mass is 384 g/mol. The SMILES string of the molecule is CCC(c1nc2oc(F)cc2c(=O)n1Cc1ccccc1)N1CCN(C)CC1. The topological polar surface area (TPSA) is 54.5 Å². The van der Waals surface area contributed by atoms with Crippen molar-refractivity contribution in [1.29, 1.82) is 0 Å². The van der Waals surface area contributed by atoms with Crippen molar-refractivity contribution in [3.8, 4) is 0 Å². The van der Waals surface area contributed by atoms with E-state index in [9.17, 15) is 9.18 Å². The summed E-state index contributed by atoms with van der Waals surface area (Å²) in [6.45, 7) is 6.24. The Hall–Kier alpha value is -2.51. The zero-order valence-electron chi connectivity index (χ0n) is 16.3. The molecule has 2 aromatic heterocycles. The molecule has 1 unspecified atom stereocenters. The first-order valence-corrected chi connectivity index (χ1v) is 9.73. The standard InChI is InChI=1S/C21H25FN4O2/c1-3-17(25-11-9-24(2)10-12-25)19-23-20-16(13-18(22)28-20)21(27)26(19)14-15-7-5-4-6-8-15/h4-8,13,17H,3,9-12,14H2,1-2H3. The number of halogens is 1. The second kappa shape index (κ2) is 7.85. The summed E-state index contributed by atoms with van der Waals surface area (Å²) < 4.78 is 20.5. The first-order chi connectivity index (χ1) is 13.6. The van der Waals surface area contributed by atoms with Gasteiger partial charge in [-0.1, -0.05) is 37.3 Å². The molecule has 6 nitrogen and oxygen atoms in total. The van der Waals surface area contributed by atoms with Gasteiger partial charge in [0, 0.05) is 32.2 Å². The van der Waals surface area contributed by atoms with Crippen molar-refractivity contribution in [2.45, 2.75) is 25.9 Å². The molecule has 0 saturated carbocycles. The summed E-state index contributed by atoms with van der Waals surface area (Å²) in [5.41, 5.74) is 0.822. The van der Waals surface area contributed by atoms with Gasteiger partial charge in [0.1, 0.15) is 11.2 Å². The van der Waals surface area contributed by atoms with Crippen LogP contribution in [0.25, 0.3) is 11.1 Å². The van der Waals surface area contributed by atoms with Gasteiger partial charge in [-0.2, -0.15) is 9.37 Å². The molecule has 4 rings (SSSR count). The Bertz CT molecular complexity index is 1010. The molecule has 1 atom stereocenters. The second-order valence-corrected chi connectivity index (χ2v) is 7.38. The average Bonchev–Trinajstić information content (AvgIpc) is 3.08. The Morgan fingerprint density at radius 1 is 1.18 bits per heavy atom. The van der Waals surface area contributed by atoms with Crippen LogP contribution in [0.5, 0.6) is 0 Å². The first kappa shape index (κ1) is 18.8. The maximum atomic E-state index is 13.7. The summed E-state index contributed by atoms with van der Waals surface area (Å²) in [5, 5.41) is 0.186. The molecule has 1 aliphatic heterocycles. The molecular weight excluding hydrogens is 359 g/mol. The number of hydrogen-bond donors (Lipinski definition) is 0. The fraction of sp³-hybridized carbons (Fsp3) is 0.429. The van der Waals surface area contributed by atoms with Gasteiger partial charge in [0.05, 0.1) is 12.6 Å². The van der Waals surface area contributed by atoms with Gasteiger partial charge in [-0.3, -0.25) is 14.3 Å². The van der Waals surface area contributed by atoms with E-state index in [0.29, 0.717) is 12.4 Å². The van der Waals surface area contributed by atoms with Crippen molar-refractivity contribution in [3.63, 3.8) is 0 Å². The van der Waals surface area contributed by atoms with E-state index in [1.165, 1.54) is 0 Å². The van der Waals surface area contributed by atoms with Crippen molar-refractivity contribution < 1.29 is 8.81 Å². The van der Waals surface area contributed by atoms with E-state index in [1.807, 2.05) is 30.3 Å². The number of rotatable bonds is 5. The predicted molar refractivity (Wildman–Crippen MR) is 106 cm³/mol. The molecule has 0 N–H and O–H groups in total. The van der Waals surface area contributed by atoms with Crippen molar-refractivity contribution >= 4 is 11.1 Å². The normalized spacial score (nSPS) is 17.2. The van der Waals surface area contributed by atoms with Gasteiger partial charge in [-0.05, 0) is 19.0 Å². The summed E-state index contributed by atoms with van der Waals surface area (Å²) in [6, 6.07) is 10.1. The highest BCUT2D eigenvalue weighted by Gasteiger charge is 2.28. The van der Waals surface area contributed by atoms with Gasteiger partial charge < -0.3 is 9.32 Å². The molecule has 28 heavy (non-hydrogen) atoms. The second-order valence-electron chi connectivity index (χ2n) is 7.38. The van der Waals surface area contributed by atoms with Gasteiger partial charge in [-0.15, -0.1) is 0 Å². The molecule has 7 heteroatoms. The van der Waals surface area contributed by atoms with E-state index < -0.39 is 6.01 Å². The van der Waals surface area contributed by atoms with Gasteiger partial charge in [-0.25, -0.2) is 0 Å². The van der Waals surface area contributed by atoms with Crippen molar-refractivity contribution in [2.24, 2.45) is 0 Å². The van der Waals surface area contributed by atoms with Gasteiger partial charge in [0.2, 0.25) is 5.71 Å². The van der Waals surface area contributed by atoms with Crippen LogP contribution in [0.1, 0.15) is 30.8 Å². The van der Waals surface area contributed by atoms with Crippen LogP contribution in [0, 0.1) is 6.01 Å². The number of fused-ring (bicyclic) bond motifs is 1. The van der Waals surface area contributed by atoms with Crippen molar-refractivity contribution in [1.82, 2.24) is 19.4 Å². The number of furan rings is 1. The number of aromatic nitrogens is 2. The number of benzene rings is 1. The van der Waals surface area contributed by atoms with Crippen LogP contribution in [0.4, 0.5) is 4.39 Å². The lowest BCUT2D eigenvalue weighted by atomic mass is 10.1. The molecular formula is C21H25FN4O2. The minimum atomic E-state index is -0.782. The molecule has 1 aliphatic rings. The zero-order chi connectivity index (χ0) is 19.7. The summed E-state index contributed by atoms with van der Waals surface area (Å²) in [4.78, 5) is 22.5. The Morgan fingerprint density at radius 2 is 1.89 bits per heavy atom. The van der Waals surface area contributed by atoms with Crippen LogP contribution in [0.3, 0.4) is 0 Å². The Balaban J connectivity index is 1.82. The summed E-state index contributed by atoms with van der Waals surface area (Å²) in [6.07, 6.45) is 0.805. The molecule has 3 aromatic rings. The summed E-state index contributed by atoms with van der Waals surface area (Å²) >= 11 is 0. The Kier molecular flexibility index (Phi) is 5.28. The fourth-order valence-electron chi connectivity index (χ4n) is 3.91. The molecule has 148 valence electrons. The Morgan fingerprint density at radius 3 is 2.57 bits per heavy atom. The van der Waals surface area contributed by atoms with Gasteiger partial charge in [0.15, 0.2) is 0 Å². The van der Waals surface area contributed by atoms with Crippen LogP contribution >= 0.6 is 0 Å². The summed E-state index contributed by atoms with van der Waals surface area (Å²) in [5.74, 6) is 0.641. The van der Waals surface area contributed by atoms with Crippen LogP contribution in [-0.4, -0.2) is 52.6 Å². The van der Waals surface area contributed by atoms with E-state index in [-0.39, 0.29) is 22.7 Å². The van der Waals surface area contributed by atoms with Gasteiger partial charge >= 0.3 is 0 Å². The van der Waals surface area contributed by atoms with E-state index >= 15 is 0 Å². The molecule has 0 radical (unpaired) electrons. The number of hydrogen-bond acceptors (Lipinski definition) is 5. The lowest BCUT2D eigenvalue weighted by molar-refractivity contribution is 0.102. The molecule has 0 amide bonds. The molecule has 0 bridgehead atoms. The number of nitrogens with zero attached hydrogens (tertiary/aromatic N) is 4. The van der Waals surface area contributed by atoms with Crippen LogP contribution in [0.15, 0.2) is 45.6 Å². The fourth-order valence-corrected chi connectivity index (χ4v) is 3.91. The third-order valence-electron chi connectivity index (χ3n) is 5.50. The highest BCUT2D eigenvalue weighted by Crippen LogP contribution is 2.26. The zero-order valence-corrected chi connectivity index (χ0v) is 16.3. The summed E-state index contributed by atoms with van der Waals surface area (Å²) in [7, 11) is 2.11. The molecule has 0 aliphatic carbocycles. The Labute approximate surface area is 163 Å².